The second-order valence-corrected chi connectivity index (χ2v) is 8.85. The zero-order chi connectivity index (χ0) is 21.6. The lowest BCUT2D eigenvalue weighted by Gasteiger charge is -2.26. The van der Waals surface area contributed by atoms with E-state index in [1.165, 1.54) is 16.0 Å². The first kappa shape index (κ1) is 21.4. The number of ether oxygens (including phenoxy) is 1. The van der Waals surface area contributed by atoms with E-state index < -0.39 is 0 Å². The van der Waals surface area contributed by atoms with E-state index in [1.807, 2.05) is 30.1 Å². The van der Waals surface area contributed by atoms with Crippen LogP contribution in [0, 0.1) is 6.92 Å². The number of aromatic nitrogens is 1. The number of pyridine rings is 1. The van der Waals surface area contributed by atoms with Gasteiger partial charge in [-0.2, -0.15) is 0 Å². The van der Waals surface area contributed by atoms with Crippen LogP contribution in [0.15, 0.2) is 90.0 Å². The molecule has 0 aliphatic heterocycles. The van der Waals surface area contributed by atoms with Gasteiger partial charge in [0.15, 0.2) is 0 Å². The second kappa shape index (κ2) is 9.99. The van der Waals surface area contributed by atoms with Crippen LogP contribution in [-0.2, 0) is 5.75 Å². The second-order valence-electron chi connectivity index (χ2n) is 7.80. The first-order valence-corrected chi connectivity index (χ1v) is 11.5. The standard InChI is InChI=1S/C27H28N2OS/c1-20-17-23(18-31-24-13-8-5-9-14-24)25-15-10-16-28-26(25)27(20)30-19-29(3)21(2)22-11-6-4-7-12-22/h4-17,21H,18-19H2,1-3H3. The van der Waals surface area contributed by atoms with E-state index in [2.05, 4.69) is 97.5 Å². The largest absolute Gasteiger partial charge is 0.476 e. The van der Waals surface area contributed by atoms with Crippen LogP contribution in [0.1, 0.15) is 29.7 Å². The topological polar surface area (TPSA) is 25.4 Å². The first-order chi connectivity index (χ1) is 15.1. The van der Waals surface area contributed by atoms with E-state index >= 15 is 0 Å². The molecule has 0 amide bonds. The van der Waals surface area contributed by atoms with Gasteiger partial charge < -0.3 is 4.74 Å². The van der Waals surface area contributed by atoms with Gasteiger partial charge in [0, 0.05) is 28.3 Å². The van der Waals surface area contributed by atoms with E-state index in [9.17, 15) is 0 Å². The third kappa shape index (κ3) is 5.09. The highest BCUT2D eigenvalue weighted by atomic mass is 32.2. The summed E-state index contributed by atoms with van der Waals surface area (Å²) in [6, 6.07) is 27.7. The molecule has 1 unspecified atom stereocenters. The summed E-state index contributed by atoms with van der Waals surface area (Å²) in [6.45, 7) is 4.81. The van der Waals surface area contributed by atoms with Gasteiger partial charge in [-0.1, -0.05) is 60.7 Å². The summed E-state index contributed by atoms with van der Waals surface area (Å²) in [7, 11) is 2.09. The Labute approximate surface area is 189 Å². The summed E-state index contributed by atoms with van der Waals surface area (Å²) >= 11 is 1.85. The highest BCUT2D eigenvalue weighted by Crippen LogP contribution is 2.34. The van der Waals surface area contributed by atoms with Crippen LogP contribution in [0.5, 0.6) is 5.75 Å². The molecule has 4 rings (SSSR count). The highest BCUT2D eigenvalue weighted by molar-refractivity contribution is 7.98. The van der Waals surface area contributed by atoms with Crippen LogP contribution in [0.2, 0.25) is 0 Å². The minimum Gasteiger partial charge on any atom is -0.476 e. The summed E-state index contributed by atoms with van der Waals surface area (Å²) in [4.78, 5) is 8.17. The molecule has 4 heteroatoms. The Kier molecular flexibility index (Phi) is 6.90. The molecule has 0 aliphatic carbocycles. The van der Waals surface area contributed by atoms with Crippen molar-refractivity contribution >= 4 is 22.7 Å². The van der Waals surface area contributed by atoms with Crippen molar-refractivity contribution < 1.29 is 4.74 Å². The maximum absolute atomic E-state index is 6.33. The fourth-order valence-corrected chi connectivity index (χ4v) is 4.59. The van der Waals surface area contributed by atoms with Gasteiger partial charge >= 0.3 is 0 Å². The monoisotopic (exact) mass is 428 g/mol. The van der Waals surface area contributed by atoms with Crippen molar-refractivity contribution in [3.8, 4) is 5.75 Å². The third-order valence-corrected chi connectivity index (χ3v) is 6.67. The minimum absolute atomic E-state index is 0.266. The van der Waals surface area contributed by atoms with Gasteiger partial charge in [-0.25, -0.2) is 0 Å². The number of hydrogen-bond acceptors (Lipinski definition) is 4. The molecular formula is C27H28N2OS. The SMILES string of the molecule is Cc1cc(CSc2ccccc2)c2cccnc2c1OCN(C)C(C)c1ccccc1. The molecule has 0 aliphatic rings. The average molecular weight is 429 g/mol. The van der Waals surface area contributed by atoms with Gasteiger partial charge in [0.05, 0.1) is 0 Å². The molecule has 1 aromatic heterocycles. The van der Waals surface area contributed by atoms with Crippen molar-refractivity contribution in [2.75, 3.05) is 13.8 Å². The number of benzene rings is 3. The zero-order valence-corrected chi connectivity index (χ0v) is 19.1. The molecule has 31 heavy (non-hydrogen) atoms. The van der Waals surface area contributed by atoms with Crippen molar-refractivity contribution in [1.29, 1.82) is 0 Å². The van der Waals surface area contributed by atoms with Gasteiger partial charge in [-0.3, -0.25) is 9.88 Å². The van der Waals surface area contributed by atoms with Crippen molar-refractivity contribution in [2.24, 2.45) is 0 Å². The molecule has 0 bridgehead atoms. The van der Waals surface area contributed by atoms with Crippen LogP contribution in [0.3, 0.4) is 0 Å². The lowest BCUT2D eigenvalue weighted by molar-refractivity contribution is 0.119. The van der Waals surface area contributed by atoms with Crippen molar-refractivity contribution in [3.63, 3.8) is 0 Å². The predicted octanol–water partition coefficient (Wildman–Crippen LogP) is 6.86. The molecule has 0 saturated heterocycles. The van der Waals surface area contributed by atoms with Gasteiger partial charge in [-0.05, 0) is 55.8 Å². The Morgan fingerprint density at radius 2 is 1.68 bits per heavy atom. The number of aryl methyl sites for hydroxylation is 1. The molecule has 0 fully saturated rings. The highest BCUT2D eigenvalue weighted by Gasteiger charge is 2.16. The van der Waals surface area contributed by atoms with Crippen LogP contribution in [0.4, 0.5) is 0 Å². The number of nitrogens with zero attached hydrogens (tertiary/aromatic N) is 2. The van der Waals surface area contributed by atoms with Crippen LogP contribution >= 0.6 is 11.8 Å². The Hall–Kier alpha value is -2.82. The van der Waals surface area contributed by atoms with E-state index in [0.29, 0.717) is 6.73 Å². The molecule has 0 spiro atoms. The molecule has 0 radical (unpaired) electrons. The quantitative estimate of drug-likeness (QED) is 0.226. The van der Waals surface area contributed by atoms with Gasteiger partial charge in [-0.15, -0.1) is 11.8 Å². The average Bonchev–Trinajstić information content (AvgIpc) is 2.82. The van der Waals surface area contributed by atoms with Crippen molar-refractivity contribution in [1.82, 2.24) is 9.88 Å². The molecule has 3 aromatic carbocycles. The van der Waals surface area contributed by atoms with Crippen molar-refractivity contribution in [3.05, 3.63) is 102 Å². The molecule has 1 heterocycles. The summed E-state index contributed by atoms with van der Waals surface area (Å²) < 4.78 is 6.33. The van der Waals surface area contributed by atoms with Gasteiger partial charge in [0.2, 0.25) is 0 Å². The molecule has 0 N–H and O–H groups in total. The predicted molar refractivity (Wildman–Crippen MR) is 131 cm³/mol. The zero-order valence-electron chi connectivity index (χ0n) is 18.3. The molecule has 1 atom stereocenters. The van der Waals surface area contributed by atoms with Gasteiger partial charge in [0.1, 0.15) is 18.0 Å². The Balaban J connectivity index is 1.54. The van der Waals surface area contributed by atoms with Crippen molar-refractivity contribution in [2.45, 2.75) is 30.5 Å². The first-order valence-electron chi connectivity index (χ1n) is 10.6. The molecule has 0 saturated carbocycles. The Morgan fingerprint density at radius 3 is 2.42 bits per heavy atom. The summed E-state index contributed by atoms with van der Waals surface area (Å²) in [5.41, 5.74) is 4.62. The normalized spacial score (nSPS) is 12.3. The van der Waals surface area contributed by atoms with E-state index in [-0.39, 0.29) is 6.04 Å². The summed E-state index contributed by atoms with van der Waals surface area (Å²) in [6.07, 6.45) is 1.85. The Bertz CT molecular complexity index is 1130. The maximum Gasteiger partial charge on any atom is 0.150 e. The fraction of sp³-hybridized carbons (Fsp3) is 0.222. The maximum atomic E-state index is 6.33. The molecule has 4 aromatic rings. The van der Waals surface area contributed by atoms with Crippen LogP contribution < -0.4 is 4.74 Å². The molecular weight excluding hydrogens is 400 g/mol. The summed E-state index contributed by atoms with van der Waals surface area (Å²) in [5.74, 6) is 1.77. The van der Waals surface area contributed by atoms with E-state index in [4.69, 9.17) is 4.74 Å². The van der Waals surface area contributed by atoms with E-state index in [0.717, 1.165) is 28.0 Å². The van der Waals surface area contributed by atoms with E-state index in [1.54, 1.807) is 0 Å². The lowest BCUT2D eigenvalue weighted by Crippen LogP contribution is -2.27. The lowest BCUT2D eigenvalue weighted by atomic mass is 10.0. The smallest absolute Gasteiger partial charge is 0.150 e. The van der Waals surface area contributed by atoms with Crippen LogP contribution in [0.25, 0.3) is 10.9 Å². The minimum atomic E-state index is 0.266. The van der Waals surface area contributed by atoms with Crippen LogP contribution in [-0.4, -0.2) is 23.7 Å². The third-order valence-electron chi connectivity index (χ3n) is 5.61. The number of thioether (sulfide) groups is 1. The molecule has 3 nitrogen and oxygen atoms in total. The Morgan fingerprint density at radius 1 is 0.968 bits per heavy atom. The molecule has 158 valence electrons. The fourth-order valence-electron chi connectivity index (χ4n) is 3.68. The number of rotatable bonds is 8. The number of hydrogen-bond donors (Lipinski definition) is 0. The summed E-state index contributed by atoms with van der Waals surface area (Å²) in [5, 5.41) is 1.16. The number of fused-ring (bicyclic) bond motifs is 1. The van der Waals surface area contributed by atoms with Gasteiger partial charge in [0.25, 0.3) is 0 Å².